The third-order valence-corrected chi connectivity index (χ3v) is 4.21. The molecule has 1 aliphatic rings. The number of thiazole rings is 1. The van der Waals surface area contributed by atoms with Crippen LogP contribution in [0.3, 0.4) is 0 Å². The maximum atomic E-state index is 5.96. The highest BCUT2D eigenvalue weighted by molar-refractivity contribution is 7.13. The Morgan fingerprint density at radius 1 is 1.37 bits per heavy atom. The minimum absolute atomic E-state index is 0.914. The SMILES string of the molecule is Cc1cc(-c2nccs2)nc2c3c(oc12)CCC=C3. The number of nitrogens with zero attached hydrogens (tertiary/aromatic N) is 2. The molecule has 0 N–H and O–H groups in total. The number of hydrogen-bond acceptors (Lipinski definition) is 4. The molecule has 0 unspecified atom stereocenters. The van der Waals surface area contributed by atoms with Crippen molar-refractivity contribution in [2.45, 2.75) is 19.8 Å². The van der Waals surface area contributed by atoms with Crippen LogP contribution in [0.2, 0.25) is 0 Å². The van der Waals surface area contributed by atoms with Crippen molar-refractivity contribution >= 4 is 28.5 Å². The molecule has 0 fully saturated rings. The average Bonchev–Trinajstić information content (AvgIpc) is 3.06. The third-order valence-electron chi connectivity index (χ3n) is 3.41. The van der Waals surface area contributed by atoms with Crippen LogP contribution in [-0.2, 0) is 6.42 Å². The summed E-state index contributed by atoms with van der Waals surface area (Å²) >= 11 is 1.61. The average molecular weight is 268 g/mol. The molecule has 3 nitrogen and oxygen atoms in total. The van der Waals surface area contributed by atoms with E-state index in [1.54, 1.807) is 11.3 Å². The fourth-order valence-corrected chi connectivity index (χ4v) is 3.11. The van der Waals surface area contributed by atoms with Gasteiger partial charge in [-0.05, 0) is 25.0 Å². The van der Waals surface area contributed by atoms with Gasteiger partial charge in [-0.1, -0.05) is 12.2 Å². The molecule has 4 rings (SSSR count). The molecule has 3 heterocycles. The van der Waals surface area contributed by atoms with Crippen LogP contribution >= 0.6 is 11.3 Å². The number of allylic oxidation sites excluding steroid dienone is 1. The Bertz CT molecular complexity index is 784. The van der Waals surface area contributed by atoms with Gasteiger partial charge in [-0.25, -0.2) is 9.97 Å². The van der Waals surface area contributed by atoms with Gasteiger partial charge in [0.2, 0.25) is 0 Å². The van der Waals surface area contributed by atoms with Crippen molar-refractivity contribution in [2.24, 2.45) is 0 Å². The molecule has 4 heteroatoms. The highest BCUT2D eigenvalue weighted by atomic mass is 32.1. The predicted molar refractivity (Wildman–Crippen MR) is 77.2 cm³/mol. The second-order valence-corrected chi connectivity index (χ2v) is 5.61. The Morgan fingerprint density at radius 2 is 2.32 bits per heavy atom. The van der Waals surface area contributed by atoms with Crippen molar-refractivity contribution in [3.63, 3.8) is 0 Å². The lowest BCUT2D eigenvalue weighted by Crippen LogP contribution is -1.90. The van der Waals surface area contributed by atoms with Crippen molar-refractivity contribution in [2.75, 3.05) is 0 Å². The highest BCUT2D eigenvalue weighted by Gasteiger charge is 2.18. The van der Waals surface area contributed by atoms with E-state index in [9.17, 15) is 0 Å². The summed E-state index contributed by atoms with van der Waals surface area (Å²) < 4.78 is 5.96. The van der Waals surface area contributed by atoms with E-state index in [1.807, 2.05) is 11.6 Å². The van der Waals surface area contributed by atoms with Crippen LogP contribution in [0, 0.1) is 6.92 Å². The Balaban J connectivity index is 2.03. The van der Waals surface area contributed by atoms with Crippen molar-refractivity contribution in [3.05, 3.63) is 40.6 Å². The van der Waals surface area contributed by atoms with E-state index in [4.69, 9.17) is 9.40 Å². The zero-order valence-corrected chi connectivity index (χ0v) is 11.3. The Morgan fingerprint density at radius 3 is 3.16 bits per heavy atom. The van der Waals surface area contributed by atoms with Gasteiger partial charge in [0.05, 0.1) is 0 Å². The van der Waals surface area contributed by atoms with Gasteiger partial charge in [0.15, 0.2) is 5.58 Å². The van der Waals surface area contributed by atoms with Crippen LogP contribution in [0.5, 0.6) is 0 Å². The van der Waals surface area contributed by atoms with Crippen molar-refractivity contribution < 1.29 is 4.42 Å². The van der Waals surface area contributed by atoms with Crippen molar-refractivity contribution in [1.82, 2.24) is 9.97 Å². The van der Waals surface area contributed by atoms with Gasteiger partial charge >= 0.3 is 0 Å². The Labute approximate surface area is 114 Å². The summed E-state index contributed by atoms with van der Waals surface area (Å²) in [4.78, 5) is 9.09. The molecule has 0 aliphatic heterocycles. The number of fused-ring (bicyclic) bond motifs is 3. The molecular formula is C15H12N2OS. The molecule has 0 atom stereocenters. The first-order valence-corrected chi connectivity index (χ1v) is 7.20. The first kappa shape index (κ1) is 10.9. The van der Waals surface area contributed by atoms with Crippen molar-refractivity contribution in [3.8, 4) is 10.7 Å². The topological polar surface area (TPSA) is 38.9 Å². The number of furan rings is 1. The predicted octanol–water partition coefficient (Wildman–Crippen LogP) is 4.22. The van der Waals surface area contributed by atoms with Gasteiger partial charge < -0.3 is 4.42 Å². The minimum Gasteiger partial charge on any atom is -0.458 e. The number of rotatable bonds is 1. The number of pyridine rings is 1. The molecule has 0 amide bonds. The van der Waals surface area contributed by atoms with Crippen LogP contribution in [0.25, 0.3) is 27.9 Å². The Kier molecular flexibility index (Phi) is 2.32. The lowest BCUT2D eigenvalue weighted by atomic mass is 10.0. The largest absolute Gasteiger partial charge is 0.458 e. The van der Waals surface area contributed by atoms with Gasteiger partial charge in [0, 0.05) is 23.6 Å². The molecule has 3 aromatic rings. The van der Waals surface area contributed by atoms with Gasteiger partial charge in [0.25, 0.3) is 0 Å². The van der Waals surface area contributed by atoms with Gasteiger partial charge in [-0.15, -0.1) is 11.3 Å². The van der Waals surface area contributed by atoms with E-state index in [0.717, 1.165) is 51.5 Å². The summed E-state index contributed by atoms with van der Waals surface area (Å²) in [6.45, 7) is 2.07. The second-order valence-electron chi connectivity index (χ2n) is 4.72. The monoisotopic (exact) mass is 268 g/mol. The van der Waals surface area contributed by atoms with E-state index < -0.39 is 0 Å². The van der Waals surface area contributed by atoms with Gasteiger partial charge in [-0.3, -0.25) is 0 Å². The molecule has 0 spiro atoms. The van der Waals surface area contributed by atoms with E-state index in [-0.39, 0.29) is 0 Å². The summed E-state index contributed by atoms with van der Waals surface area (Å²) in [5.74, 6) is 1.06. The molecule has 0 bridgehead atoms. The van der Waals surface area contributed by atoms with Crippen LogP contribution in [0.15, 0.2) is 28.1 Å². The standard InChI is InChI=1S/C15H12N2OS/c1-9-8-11(15-16-6-7-19-15)17-13-10-4-2-3-5-12(10)18-14(9)13/h2,4,6-8H,3,5H2,1H3. The number of aryl methyl sites for hydroxylation is 2. The molecule has 94 valence electrons. The van der Waals surface area contributed by atoms with Gasteiger partial charge in [0.1, 0.15) is 22.0 Å². The highest BCUT2D eigenvalue weighted by Crippen LogP contribution is 2.34. The van der Waals surface area contributed by atoms with Crippen LogP contribution in [0.4, 0.5) is 0 Å². The Hall–Kier alpha value is -1.94. The van der Waals surface area contributed by atoms with Crippen LogP contribution < -0.4 is 0 Å². The van der Waals surface area contributed by atoms with Crippen LogP contribution in [0.1, 0.15) is 23.3 Å². The molecule has 0 aromatic carbocycles. The summed E-state index contributed by atoms with van der Waals surface area (Å²) in [5.41, 5.74) is 5.08. The fraction of sp³-hybridized carbons (Fsp3) is 0.200. The smallest absolute Gasteiger partial charge is 0.156 e. The summed E-state index contributed by atoms with van der Waals surface area (Å²) in [7, 11) is 0. The fourth-order valence-electron chi connectivity index (χ4n) is 2.52. The molecule has 0 saturated carbocycles. The first-order valence-electron chi connectivity index (χ1n) is 6.32. The molecule has 19 heavy (non-hydrogen) atoms. The maximum absolute atomic E-state index is 5.96. The lowest BCUT2D eigenvalue weighted by molar-refractivity contribution is 0.544. The third kappa shape index (κ3) is 1.64. The molecule has 0 radical (unpaired) electrons. The van der Waals surface area contributed by atoms with E-state index in [1.165, 1.54) is 0 Å². The summed E-state index contributed by atoms with van der Waals surface area (Å²) in [6, 6.07) is 2.06. The van der Waals surface area contributed by atoms with Gasteiger partial charge in [-0.2, -0.15) is 0 Å². The zero-order valence-electron chi connectivity index (χ0n) is 10.5. The van der Waals surface area contributed by atoms with Crippen LogP contribution in [-0.4, -0.2) is 9.97 Å². The minimum atomic E-state index is 0.914. The van der Waals surface area contributed by atoms with Crippen molar-refractivity contribution in [1.29, 1.82) is 0 Å². The lowest BCUT2D eigenvalue weighted by Gasteiger charge is -2.01. The zero-order chi connectivity index (χ0) is 12.8. The normalized spacial score (nSPS) is 13.9. The first-order chi connectivity index (χ1) is 9.33. The molecular weight excluding hydrogens is 256 g/mol. The number of aromatic nitrogens is 2. The molecule has 1 aliphatic carbocycles. The maximum Gasteiger partial charge on any atom is 0.156 e. The quantitative estimate of drug-likeness (QED) is 0.663. The second kappa shape index (κ2) is 4.03. The van der Waals surface area contributed by atoms with E-state index in [0.29, 0.717) is 0 Å². The van der Waals surface area contributed by atoms with E-state index >= 15 is 0 Å². The van der Waals surface area contributed by atoms with E-state index in [2.05, 4.69) is 30.1 Å². The number of hydrogen-bond donors (Lipinski definition) is 0. The molecule has 3 aromatic heterocycles. The summed E-state index contributed by atoms with van der Waals surface area (Å²) in [6.07, 6.45) is 8.14. The summed E-state index contributed by atoms with van der Waals surface area (Å²) in [5, 5.41) is 2.93. The molecule has 0 saturated heterocycles.